The van der Waals surface area contributed by atoms with Crippen molar-refractivity contribution in [3.63, 3.8) is 0 Å². The van der Waals surface area contributed by atoms with Crippen LogP contribution in [0.1, 0.15) is 12.0 Å². The van der Waals surface area contributed by atoms with Crippen molar-refractivity contribution in [2.45, 2.75) is 6.42 Å². The number of hydrogen-bond donors (Lipinski definition) is 3. The lowest BCUT2D eigenvalue weighted by Crippen LogP contribution is -2.18. The number of benzene rings is 1. The topological polar surface area (TPSA) is 71.1 Å². The molecule has 0 spiro atoms. The first kappa shape index (κ1) is 8.87. The Kier molecular flexibility index (Phi) is 2.04. The van der Waals surface area contributed by atoms with Crippen LogP contribution < -0.4 is 15.8 Å². The Balaban J connectivity index is 2.54. The monoisotopic (exact) mass is 191 g/mol. The number of fused-ring (bicyclic) bond motifs is 1. The zero-order valence-electron chi connectivity index (χ0n) is 8.05. The van der Waals surface area contributed by atoms with Gasteiger partial charge in [-0.2, -0.15) is 0 Å². The molecule has 1 aliphatic rings. The number of hydrogen-bond acceptors (Lipinski definition) is 4. The quantitative estimate of drug-likeness (QED) is 0.588. The fraction of sp³-hybridized carbons (Fsp3) is 0.300. The van der Waals surface area contributed by atoms with E-state index in [-0.39, 0.29) is 0 Å². The summed E-state index contributed by atoms with van der Waals surface area (Å²) in [6.45, 7) is 0.804. The number of ether oxygens (including phenoxy) is 1. The Bertz CT molecular complexity index is 387. The summed E-state index contributed by atoms with van der Waals surface area (Å²) >= 11 is 0. The maximum atomic E-state index is 7.76. The van der Waals surface area contributed by atoms with Gasteiger partial charge in [0.2, 0.25) is 0 Å². The number of nitrogens with two attached hydrogens (primary N) is 1. The van der Waals surface area contributed by atoms with Crippen LogP contribution in [0.15, 0.2) is 12.1 Å². The molecular weight excluding hydrogens is 178 g/mol. The van der Waals surface area contributed by atoms with Gasteiger partial charge in [0.15, 0.2) is 0 Å². The van der Waals surface area contributed by atoms with E-state index in [1.54, 1.807) is 13.2 Å². The third kappa shape index (κ3) is 1.28. The van der Waals surface area contributed by atoms with Crippen LogP contribution >= 0.6 is 0 Å². The van der Waals surface area contributed by atoms with Crippen LogP contribution in [-0.4, -0.2) is 19.4 Å². The third-order valence-electron chi connectivity index (χ3n) is 2.39. The second-order valence-corrected chi connectivity index (χ2v) is 3.30. The Morgan fingerprint density at radius 1 is 1.50 bits per heavy atom. The maximum absolute atomic E-state index is 7.76. The fourth-order valence-electron chi connectivity index (χ4n) is 1.63. The zero-order valence-corrected chi connectivity index (χ0v) is 8.05. The molecule has 0 bridgehead atoms. The van der Waals surface area contributed by atoms with Crippen molar-refractivity contribution < 1.29 is 4.74 Å². The average molecular weight is 191 g/mol. The van der Waals surface area contributed by atoms with Crippen LogP contribution in [0.2, 0.25) is 0 Å². The first-order valence-electron chi connectivity index (χ1n) is 4.51. The van der Waals surface area contributed by atoms with Gasteiger partial charge in [0, 0.05) is 36.0 Å². The van der Waals surface area contributed by atoms with E-state index in [1.807, 2.05) is 6.07 Å². The molecule has 0 saturated carbocycles. The van der Waals surface area contributed by atoms with Crippen molar-refractivity contribution >= 4 is 17.1 Å². The lowest BCUT2D eigenvalue weighted by Gasteiger charge is -2.20. The maximum Gasteiger partial charge on any atom is 0.143 e. The summed E-state index contributed by atoms with van der Waals surface area (Å²) in [6, 6.07) is 3.64. The number of nitrogens with one attached hydrogen (secondary N) is 2. The lowest BCUT2D eigenvalue weighted by atomic mass is 10.0. The zero-order chi connectivity index (χ0) is 10.1. The van der Waals surface area contributed by atoms with E-state index in [0.29, 0.717) is 17.1 Å². The van der Waals surface area contributed by atoms with Crippen molar-refractivity contribution in [2.75, 3.05) is 24.7 Å². The highest BCUT2D eigenvalue weighted by Gasteiger charge is 2.15. The van der Waals surface area contributed by atoms with Gasteiger partial charge in [-0.1, -0.05) is 0 Å². The smallest absolute Gasteiger partial charge is 0.143 e. The van der Waals surface area contributed by atoms with E-state index in [2.05, 4.69) is 5.32 Å². The van der Waals surface area contributed by atoms with E-state index < -0.39 is 0 Å². The highest BCUT2D eigenvalue weighted by atomic mass is 16.5. The molecule has 0 aromatic heterocycles. The van der Waals surface area contributed by atoms with Crippen molar-refractivity contribution in [3.05, 3.63) is 17.7 Å². The van der Waals surface area contributed by atoms with Crippen LogP contribution in [0.3, 0.4) is 0 Å². The second-order valence-electron chi connectivity index (χ2n) is 3.30. The largest absolute Gasteiger partial charge is 0.495 e. The molecule has 0 unspecified atom stereocenters. The predicted octanol–water partition coefficient (Wildman–Crippen LogP) is 1.46. The Labute approximate surface area is 82.6 Å². The molecule has 14 heavy (non-hydrogen) atoms. The molecule has 4 heteroatoms. The molecule has 0 saturated heterocycles. The standard InChI is InChI=1S/C10H13N3O/c1-14-10-5-9-6(4-8(10)12)7(11)2-3-13-9/h4-5,11,13H,2-3,12H2,1H3. The summed E-state index contributed by atoms with van der Waals surface area (Å²) in [7, 11) is 1.59. The minimum absolute atomic E-state index is 0.583. The first-order valence-corrected chi connectivity index (χ1v) is 4.51. The van der Waals surface area contributed by atoms with Crippen LogP contribution in [0.25, 0.3) is 0 Å². The summed E-state index contributed by atoms with van der Waals surface area (Å²) < 4.78 is 5.11. The molecule has 1 heterocycles. The Morgan fingerprint density at radius 2 is 2.29 bits per heavy atom. The predicted molar refractivity (Wildman–Crippen MR) is 57.3 cm³/mol. The van der Waals surface area contributed by atoms with Gasteiger partial charge in [0.1, 0.15) is 5.75 Å². The number of nitrogen functional groups attached to an aromatic ring is 1. The average Bonchev–Trinajstić information content (AvgIpc) is 2.19. The normalized spacial score (nSPS) is 14.5. The van der Waals surface area contributed by atoms with Gasteiger partial charge in [0.25, 0.3) is 0 Å². The van der Waals surface area contributed by atoms with Gasteiger partial charge >= 0.3 is 0 Å². The molecule has 0 atom stereocenters. The van der Waals surface area contributed by atoms with Gasteiger partial charge < -0.3 is 21.2 Å². The van der Waals surface area contributed by atoms with Gasteiger partial charge in [-0.05, 0) is 6.07 Å². The van der Waals surface area contributed by atoms with Crippen LogP contribution in [0.5, 0.6) is 5.75 Å². The van der Waals surface area contributed by atoms with E-state index in [4.69, 9.17) is 15.9 Å². The molecule has 74 valence electrons. The molecular formula is C10H13N3O. The summed E-state index contributed by atoms with van der Waals surface area (Å²) in [4.78, 5) is 0. The highest BCUT2D eigenvalue weighted by Crippen LogP contribution is 2.31. The number of rotatable bonds is 1. The molecule has 4 nitrogen and oxygen atoms in total. The minimum atomic E-state index is 0.583. The highest BCUT2D eigenvalue weighted by molar-refractivity contribution is 6.06. The Morgan fingerprint density at radius 3 is 3.00 bits per heavy atom. The van der Waals surface area contributed by atoms with Crippen molar-refractivity contribution in [3.8, 4) is 5.75 Å². The van der Waals surface area contributed by atoms with E-state index >= 15 is 0 Å². The molecule has 1 aromatic rings. The van der Waals surface area contributed by atoms with Crippen molar-refractivity contribution in [1.82, 2.24) is 0 Å². The van der Waals surface area contributed by atoms with E-state index in [0.717, 1.165) is 24.2 Å². The molecule has 1 aliphatic heterocycles. The SMILES string of the molecule is COc1cc2c(cc1N)C(=N)CCN2. The fourth-order valence-corrected chi connectivity index (χ4v) is 1.63. The minimum Gasteiger partial charge on any atom is -0.495 e. The second kappa shape index (κ2) is 3.21. The van der Waals surface area contributed by atoms with Gasteiger partial charge in [0.05, 0.1) is 12.8 Å². The first-order chi connectivity index (χ1) is 6.72. The van der Waals surface area contributed by atoms with Crippen molar-refractivity contribution in [2.24, 2.45) is 0 Å². The van der Waals surface area contributed by atoms with E-state index in [9.17, 15) is 0 Å². The molecule has 0 amide bonds. The van der Waals surface area contributed by atoms with Crippen LogP contribution in [-0.2, 0) is 0 Å². The number of anilines is 2. The molecule has 0 radical (unpaired) electrons. The van der Waals surface area contributed by atoms with Gasteiger partial charge in [-0.15, -0.1) is 0 Å². The van der Waals surface area contributed by atoms with Crippen molar-refractivity contribution in [1.29, 1.82) is 5.41 Å². The molecule has 0 fully saturated rings. The van der Waals surface area contributed by atoms with Gasteiger partial charge in [-0.25, -0.2) is 0 Å². The molecule has 2 rings (SSSR count). The van der Waals surface area contributed by atoms with Gasteiger partial charge in [-0.3, -0.25) is 0 Å². The summed E-state index contributed by atoms with van der Waals surface area (Å²) in [6.07, 6.45) is 0.749. The molecule has 4 N–H and O–H groups in total. The lowest BCUT2D eigenvalue weighted by molar-refractivity contribution is 0.417. The molecule has 0 aliphatic carbocycles. The summed E-state index contributed by atoms with van der Waals surface area (Å²) in [5.74, 6) is 0.658. The number of methoxy groups -OCH3 is 1. The summed E-state index contributed by atoms with van der Waals surface area (Å²) in [5, 5.41) is 11.0. The summed E-state index contributed by atoms with van der Waals surface area (Å²) in [5.41, 5.74) is 8.80. The van der Waals surface area contributed by atoms with E-state index in [1.165, 1.54) is 0 Å². The molecule has 1 aromatic carbocycles. The van der Waals surface area contributed by atoms with Crippen LogP contribution in [0, 0.1) is 5.41 Å². The Hall–Kier alpha value is -1.71. The third-order valence-corrected chi connectivity index (χ3v) is 2.39. The van der Waals surface area contributed by atoms with Crippen LogP contribution in [0.4, 0.5) is 11.4 Å².